The fourth-order valence-electron chi connectivity index (χ4n) is 1.37. The number of hydrogen-bond donors (Lipinski definition) is 3. The molecule has 0 saturated carbocycles. The molecule has 0 unspecified atom stereocenters. The quantitative estimate of drug-likeness (QED) is 0.364. The van der Waals surface area contributed by atoms with Crippen molar-refractivity contribution in [3.8, 4) is 0 Å². The van der Waals surface area contributed by atoms with Crippen LogP contribution in [-0.4, -0.2) is 25.8 Å². The molecule has 0 saturated heterocycles. The first-order chi connectivity index (χ1) is 9.15. The Kier molecular flexibility index (Phi) is 4.57. The van der Waals surface area contributed by atoms with Crippen molar-refractivity contribution in [2.24, 2.45) is 5.73 Å². The van der Waals surface area contributed by atoms with E-state index >= 15 is 0 Å². The summed E-state index contributed by atoms with van der Waals surface area (Å²) >= 11 is 0. The van der Waals surface area contributed by atoms with Gasteiger partial charge in [0.2, 0.25) is 15.9 Å². The molecule has 0 bridgehead atoms. The van der Waals surface area contributed by atoms with Crippen molar-refractivity contribution < 1.29 is 22.5 Å². The fraction of sp³-hybridized carbons (Fsp3) is 0.222. The number of sulfonamides is 1. The second-order valence-electron chi connectivity index (χ2n) is 3.72. The van der Waals surface area contributed by atoms with Crippen LogP contribution in [0, 0.1) is 15.9 Å². The number of non-ortho nitro benzene ring substituents is 1. The monoisotopic (exact) mass is 306 g/mol. The molecule has 0 spiro atoms. The maximum Gasteiger partial charge on any atom is 0.274 e. The van der Waals surface area contributed by atoms with Gasteiger partial charge in [-0.05, 0) is 0 Å². The Morgan fingerprint density at radius 1 is 1.45 bits per heavy atom. The highest BCUT2D eigenvalue weighted by molar-refractivity contribution is 7.89. The lowest BCUT2D eigenvalue weighted by molar-refractivity contribution is -0.385. The summed E-state index contributed by atoms with van der Waals surface area (Å²) < 4.78 is 39.1. The number of nitro benzene ring substituents is 1. The summed E-state index contributed by atoms with van der Waals surface area (Å²) in [5.41, 5.74) is 8.87. The van der Waals surface area contributed by atoms with E-state index in [9.17, 15) is 27.7 Å². The average molecular weight is 306 g/mol. The molecular weight excluding hydrogens is 295 g/mol. The summed E-state index contributed by atoms with van der Waals surface area (Å²) in [7, 11) is -4.34. The lowest BCUT2D eigenvalue weighted by Crippen LogP contribution is -2.29. The highest BCUT2D eigenvalue weighted by Gasteiger charge is 2.25. The molecule has 1 aromatic carbocycles. The van der Waals surface area contributed by atoms with Gasteiger partial charge < -0.3 is 11.5 Å². The molecule has 20 heavy (non-hydrogen) atoms. The summed E-state index contributed by atoms with van der Waals surface area (Å²) in [6, 6.07) is 1.17. The Balaban J connectivity index is 3.13. The van der Waals surface area contributed by atoms with Gasteiger partial charge in [-0.2, -0.15) is 0 Å². The Morgan fingerprint density at radius 3 is 2.50 bits per heavy atom. The summed E-state index contributed by atoms with van der Waals surface area (Å²) in [6.45, 7) is -0.340. The zero-order valence-corrected chi connectivity index (χ0v) is 10.8. The van der Waals surface area contributed by atoms with Crippen LogP contribution in [0.3, 0.4) is 0 Å². The van der Waals surface area contributed by atoms with Gasteiger partial charge in [-0.3, -0.25) is 14.9 Å². The van der Waals surface area contributed by atoms with Crippen LogP contribution in [0.15, 0.2) is 17.0 Å². The van der Waals surface area contributed by atoms with Gasteiger partial charge in [-0.1, -0.05) is 0 Å². The number of halogens is 1. The number of nitro groups is 1. The number of rotatable bonds is 6. The number of primary amides is 1. The molecule has 0 radical (unpaired) electrons. The van der Waals surface area contributed by atoms with Crippen molar-refractivity contribution in [3.05, 3.63) is 28.1 Å². The number of benzene rings is 1. The van der Waals surface area contributed by atoms with Gasteiger partial charge in [0.15, 0.2) is 5.82 Å². The molecular formula is C9H11FN4O5S. The second kappa shape index (κ2) is 5.79. The molecule has 9 nitrogen and oxygen atoms in total. The largest absolute Gasteiger partial charge is 0.397 e. The Labute approximate surface area is 112 Å². The van der Waals surface area contributed by atoms with Crippen LogP contribution in [0.25, 0.3) is 0 Å². The van der Waals surface area contributed by atoms with E-state index in [-0.39, 0.29) is 13.0 Å². The number of nitrogens with zero attached hydrogens (tertiary/aromatic N) is 1. The standard InChI is InChI=1S/C9H11FN4O5S/c10-6-3-5(14(16)17)4-7(11)9(6)20(18,19)13-2-1-8(12)15/h3-4,13H,1-2,11H2,(H2,12,15). The number of anilines is 1. The van der Waals surface area contributed by atoms with E-state index in [0.717, 1.165) is 6.07 Å². The number of carbonyl (C=O) groups excluding carboxylic acids is 1. The first-order valence-corrected chi connectivity index (χ1v) is 6.65. The average Bonchev–Trinajstić information content (AvgIpc) is 2.26. The molecule has 5 N–H and O–H groups in total. The van der Waals surface area contributed by atoms with Crippen LogP contribution in [0.5, 0.6) is 0 Å². The smallest absolute Gasteiger partial charge is 0.274 e. The molecule has 110 valence electrons. The molecule has 11 heteroatoms. The minimum Gasteiger partial charge on any atom is -0.397 e. The van der Waals surface area contributed by atoms with Gasteiger partial charge in [0.1, 0.15) is 4.90 Å². The van der Waals surface area contributed by atoms with Crippen molar-refractivity contribution in [3.63, 3.8) is 0 Å². The zero-order valence-electron chi connectivity index (χ0n) is 10.00. The minimum atomic E-state index is -4.34. The van der Waals surface area contributed by atoms with Gasteiger partial charge in [-0.25, -0.2) is 17.5 Å². The van der Waals surface area contributed by atoms with Gasteiger partial charge >= 0.3 is 0 Å². The van der Waals surface area contributed by atoms with Gasteiger partial charge in [-0.15, -0.1) is 0 Å². The molecule has 0 atom stereocenters. The fourth-order valence-corrected chi connectivity index (χ4v) is 2.57. The molecule has 1 rings (SSSR count). The van der Waals surface area contributed by atoms with Crippen LogP contribution in [0.1, 0.15) is 6.42 Å². The topological polar surface area (TPSA) is 158 Å². The van der Waals surface area contributed by atoms with Crippen molar-refractivity contribution in [1.82, 2.24) is 4.72 Å². The van der Waals surface area contributed by atoms with Crippen LogP contribution in [0.2, 0.25) is 0 Å². The number of carbonyl (C=O) groups is 1. The second-order valence-corrected chi connectivity index (χ2v) is 5.42. The van der Waals surface area contributed by atoms with E-state index in [1.165, 1.54) is 0 Å². The third-order valence-electron chi connectivity index (χ3n) is 2.20. The van der Waals surface area contributed by atoms with Crippen molar-refractivity contribution in [2.45, 2.75) is 11.3 Å². The predicted octanol–water partition coefficient (Wildman–Crippen LogP) is -0.530. The molecule has 0 aliphatic heterocycles. The van der Waals surface area contributed by atoms with Crippen LogP contribution >= 0.6 is 0 Å². The SMILES string of the molecule is NC(=O)CCNS(=O)(=O)c1c(N)cc([N+](=O)[O-])cc1F. The molecule has 1 aromatic rings. The van der Waals surface area contributed by atoms with E-state index in [4.69, 9.17) is 11.5 Å². The first kappa shape index (κ1) is 15.8. The zero-order chi connectivity index (χ0) is 15.5. The van der Waals surface area contributed by atoms with E-state index in [0.29, 0.717) is 6.07 Å². The molecule has 0 heterocycles. The maximum atomic E-state index is 13.7. The van der Waals surface area contributed by atoms with Gasteiger partial charge in [0.25, 0.3) is 5.69 Å². The summed E-state index contributed by atoms with van der Waals surface area (Å²) in [5, 5.41) is 10.5. The first-order valence-electron chi connectivity index (χ1n) is 5.16. The van der Waals surface area contributed by atoms with Gasteiger partial charge in [0, 0.05) is 19.0 Å². The lowest BCUT2D eigenvalue weighted by Gasteiger charge is -2.09. The summed E-state index contributed by atoms with van der Waals surface area (Å²) in [6.07, 6.45) is -0.284. The molecule has 0 fully saturated rings. The number of hydrogen-bond acceptors (Lipinski definition) is 6. The van der Waals surface area contributed by atoms with E-state index in [1.54, 1.807) is 0 Å². The third kappa shape index (κ3) is 3.61. The van der Waals surface area contributed by atoms with Crippen molar-refractivity contribution in [1.29, 1.82) is 0 Å². The number of nitrogens with one attached hydrogen (secondary N) is 1. The number of amides is 1. The molecule has 0 aromatic heterocycles. The van der Waals surface area contributed by atoms with E-state index < -0.39 is 42.9 Å². The lowest BCUT2D eigenvalue weighted by atomic mass is 10.3. The normalized spacial score (nSPS) is 11.2. The van der Waals surface area contributed by atoms with Crippen LogP contribution in [0.4, 0.5) is 15.8 Å². The highest BCUT2D eigenvalue weighted by Crippen LogP contribution is 2.27. The molecule has 0 aliphatic rings. The van der Waals surface area contributed by atoms with Crippen LogP contribution < -0.4 is 16.2 Å². The Bertz CT molecular complexity index is 637. The van der Waals surface area contributed by atoms with Crippen molar-refractivity contribution in [2.75, 3.05) is 12.3 Å². The van der Waals surface area contributed by atoms with Crippen LogP contribution in [-0.2, 0) is 14.8 Å². The predicted molar refractivity (Wildman–Crippen MR) is 66.5 cm³/mol. The third-order valence-corrected chi connectivity index (χ3v) is 3.75. The van der Waals surface area contributed by atoms with Gasteiger partial charge in [0.05, 0.1) is 16.7 Å². The number of nitrogens with two attached hydrogens (primary N) is 2. The minimum absolute atomic E-state index is 0.284. The maximum absolute atomic E-state index is 13.7. The Morgan fingerprint density at radius 2 is 2.05 bits per heavy atom. The summed E-state index contributed by atoms with van der Waals surface area (Å²) in [5.74, 6) is -2.10. The highest BCUT2D eigenvalue weighted by atomic mass is 32.2. The number of nitrogen functional groups attached to an aromatic ring is 1. The van der Waals surface area contributed by atoms with Crippen molar-refractivity contribution >= 4 is 27.3 Å². The summed E-state index contributed by atoms with van der Waals surface area (Å²) in [4.78, 5) is 19.2. The van der Waals surface area contributed by atoms with E-state index in [2.05, 4.69) is 0 Å². The Hall–Kier alpha value is -2.27. The molecule has 0 aliphatic carbocycles. The van der Waals surface area contributed by atoms with E-state index in [1.807, 2.05) is 4.72 Å². The molecule has 1 amide bonds.